The maximum absolute atomic E-state index is 11.7. The van der Waals surface area contributed by atoms with Crippen molar-refractivity contribution in [2.45, 2.75) is 18.0 Å². The van der Waals surface area contributed by atoms with Crippen LogP contribution in [-0.4, -0.2) is 29.0 Å². The Kier molecular flexibility index (Phi) is 5.57. The molecule has 2 aromatic carbocycles. The monoisotopic (exact) mass is 359 g/mol. The molecule has 0 saturated carbocycles. The molecule has 0 radical (unpaired) electrons. The highest BCUT2D eigenvalue weighted by Crippen LogP contribution is 2.33. The van der Waals surface area contributed by atoms with Crippen LogP contribution in [0.3, 0.4) is 0 Å². The molecule has 1 aliphatic heterocycles. The third-order valence-electron chi connectivity index (χ3n) is 3.66. The van der Waals surface area contributed by atoms with E-state index in [1.54, 1.807) is 24.3 Å². The summed E-state index contributed by atoms with van der Waals surface area (Å²) in [6, 6.07) is 15.7. The predicted molar refractivity (Wildman–Crippen MR) is 93.5 cm³/mol. The van der Waals surface area contributed by atoms with Gasteiger partial charge >= 0.3 is 12.1 Å². The number of benzene rings is 2. The molecule has 1 heterocycles. The van der Waals surface area contributed by atoms with E-state index in [2.05, 4.69) is 5.32 Å². The van der Waals surface area contributed by atoms with Crippen LogP contribution in [0, 0.1) is 0 Å². The smallest absolute Gasteiger partial charge is 0.480 e. The van der Waals surface area contributed by atoms with Gasteiger partial charge in [0.2, 0.25) is 0 Å². The Morgan fingerprint density at radius 1 is 1.12 bits per heavy atom. The van der Waals surface area contributed by atoms with Crippen molar-refractivity contribution in [3.63, 3.8) is 0 Å². The summed E-state index contributed by atoms with van der Waals surface area (Å²) in [4.78, 5) is 22.7. The highest BCUT2D eigenvalue weighted by atomic mass is 32.2. The number of ether oxygens (including phenoxy) is 2. The minimum Gasteiger partial charge on any atom is -0.480 e. The van der Waals surface area contributed by atoms with Crippen LogP contribution >= 0.6 is 11.8 Å². The van der Waals surface area contributed by atoms with Crippen LogP contribution in [0.4, 0.5) is 4.79 Å². The molecule has 0 aromatic heterocycles. The van der Waals surface area contributed by atoms with Gasteiger partial charge in [0, 0.05) is 5.75 Å². The van der Waals surface area contributed by atoms with Crippen LogP contribution in [0.5, 0.6) is 5.75 Å². The molecule has 130 valence electrons. The van der Waals surface area contributed by atoms with Crippen molar-refractivity contribution in [1.29, 1.82) is 0 Å². The molecule has 7 heteroatoms. The molecule has 0 bridgehead atoms. The largest absolute Gasteiger partial charge is 0.514 e. The van der Waals surface area contributed by atoms with Gasteiger partial charge in [0.15, 0.2) is 0 Å². The zero-order valence-electron chi connectivity index (χ0n) is 13.3. The molecule has 3 rings (SSSR count). The number of carbonyl (C=O) groups is 2. The van der Waals surface area contributed by atoms with Crippen molar-refractivity contribution in [3.8, 4) is 5.75 Å². The fraction of sp³-hybridized carbons (Fsp3) is 0.222. The predicted octanol–water partition coefficient (Wildman–Crippen LogP) is 3.19. The average Bonchev–Trinajstić information content (AvgIpc) is 3.12. The van der Waals surface area contributed by atoms with Crippen molar-refractivity contribution < 1.29 is 24.2 Å². The SMILES string of the molecule is O=C(OCc1ccccc1)Oc1ccc(C2N[C@H](C(=O)O)CS2)cc1. The van der Waals surface area contributed by atoms with Crippen molar-refractivity contribution >= 4 is 23.9 Å². The van der Waals surface area contributed by atoms with Crippen LogP contribution in [0.1, 0.15) is 16.5 Å². The molecule has 1 aliphatic rings. The van der Waals surface area contributed by atoms with Gasteiger partial charge in [-0.1, -0.05) is 42.5 Å². The normalized spacial score (nSPS) is 19.4. The Bertz CT molecular complexity index is 735. The van der Waals surface area contributed by atoms with Crippen molar-refractivity contribution in [2.75, 3.05) is 5.75 Å². The van der Waals surface area contributed by atoms with E-state index in [1.165, 1.54) is 11.8 Å². The summed E-state index contributed by atoms with van der Waals surface area (Å²) in [6.45, 7) is 0.150. The Balaban J connectivity index is 1.50. The molecule has 25 heavy (non-hydrogen) atoms. The first-order valence-corrected chi connectivity index (χ1v) is 8.75. The van der Waals surface area contributed by atoms with Gasteiger partial charge in [0.1, 0.15) is 18.4 Å². The highest BCUT2D eigenvalue weighted by molar-refractivity contribution is 7.99. The molecule has 1 fully saturated rings. The molecule has 2 atom stereocenters. The molecule has 2 N–H and O–H groups in total. The fourth-order valence-electron chi connectivity index (χ4n) is 2.36. The molecule has 2 aromatic rings. The minimum absolute atomic E-state index is 0.0832. The molecular weight excluding hydrogens is 342 g/mol. The second kappa shape index (κ2) is 8.04. The van der Waals surface area contributed by atoms with E-state index in [9.17, 15) is 9.59 Å². The lowest BCUT2D eigenvalue weighted by Crippen LogP contribution is -2.33. The Morgan fingerprint density at radius 3 is 2.48 bits per heavy atom. The van der Waals surface area contributed by atoms with Crippen LogP contribution in [0.2, 0.25) is 0 Å². The summed E-state index contributed by atoms with van der Waals surface area (Å²) in [7, 11) is 0. The summed E-state index contributed by atoms with van der Waals surface area (Å²) in [5.41, 5.74) is 1.81. The molecule has 6 nitrogen and oxygen atoms in total. The van der Waals surface area contributed by atoms with Gasteiger partial charge in [0.05, 0.1) is 5.37 Å². The van der Waals surface area contributed by atoms with E-state index < -0.39 is 18.2 Å². The van der Waals surface area contributed by atoms with E-state index in [0.717, 1.165) is 11.1 Å². The van der Waals surface area contributed by atoms with Crippen molar-refractivity contribution in [1.82, 2.24) is 5.32 Å². The van der Waals surface area contributed by atoms with E-state index in [-0.39, 0.29) is 12.0 Å². The Labute approximate surface area is 149 Å². The fourth-order valence-corrected chi connectivity index (χ4v) is 3.59. The average molecular weight is 359 g/mol. The standard InChI is InChI=1S/C18H17NO5S/c20-17(21)15-11-25-16(19-15)13-6-8-14(9-7-13)24-18(22)23-10-12-4-2-1-3-5-12/h1-9,15-16,19H,10-11H2,(H,20,21)/t15-,16?/m0/s1. The number of hydrogen-bond donors (Lipinski definition) is 2. The van der Waals surface area contributed by atoms with Crippen molar-refractivity contribution in [2.24, 2.45) is 0 Å². The number of hydrogen-bond acceptors (Lipinski definition) is 6. The summed E-state index contributed by atoms with van der Waals surface area (Å²) >= 11 is 1.53. The highest BCUT2D eigenvalue weighted by Gasteiger charge is 2.30. The molecule has 0 spiro atoms. The lowest BCUT2D eigenvalue weighted by atomic mass is 10.2. The van der Waals surface area contributed by atoms with Gasteiger partial charge in [-0.2, -0.15) is 0 Å². The molecule has 0 amide bonds. The maximum Gasteiger partial charge on any atom is 0.514 e. The molecular formula is C18H17NO5S. The quantitative estimate of drug-likeness (QED) is 0.626. The van der Waals surface area contributed by atoms with E-state index in [4.69, 9.17) is 14.6 Å². The summed E-state index contributed by atoms with van der Waals surface area (Å²) in [6.07, 6.45) is -0.768. The Hall–Kier alpha value is -2.51. The van der Waals surface area contributed by atoms with Crippen LogP contribution in [-0.2, 0) is 16.1 Å². The third-order valence-corrected chi connectivity index (χ3v) is 4.93. The molecule has 1 unspecified atom stereocenters. The number of nitrogens with one attached hydrogen (secondary N) is 1. The van der Waals surface area contributed by atoms with E-state index in [1.807, 2.05) is 30.3 Å². The topological polar surface area (TPSA) is 84.9 Å². The first-order chi connectivity index (χ1) is 12.1. The van der Waals surface area contributed by atoms with E-state index in [0.29, 0.717) is 11.5 Å². The van der Waals surface area contributed by atoms with Gasteiger partial charge in [-0.25, -0.2) is 4.79 Å². The number of aliphatic carboxylic acids is 1. The van der Waals surface area contributed by atoms with Gasteiger partial charge in [-0.3, -0.25) is 10.1 Å². The van der Waals surface area contributed by atoms with Gasteiger partial charge in [-0.05, 0) is 23.3 Å². The molecule has 0 aliphatic carbocycles. The zero-order chi connectivity index (χ0) is 17.6. The first-order valence-electron chi connectivity index (χ1n) is 7.71. The summed E-state index contributed by atoms with van der Waals surface area (Å²) in [5, 5.41) is 12.0. The van der Waals surface area contributed by atoms with Gasteiger partial charge < -0.3 is 14.6 Å². The van der Waals surface area contributed by atoms with Crippen LogP contribution < -0.4 is 10.1 Å². The lowest BCUT2D eigenvalue weighted by molar-refractivity contribution is -0.138. The number of rotatable bonds is 5. The number of carboxylic acids is 1. The Morgan fingerprint density at radius 2 is 1.84 bits per heavy atom. The summed E-state index contributed by atoms with van der Waals surface area (Å²) in [5.74, 6) is 0.0417. The van der Waals surface area contributed by atoms with Gasteiger partial charge in [-0.15, -0.1) is 11.8 Å². The van der Waals surface area contributed by atoms with Crippen molar-refractivity contribution in [3.05, 3.63) is 65.7 Å². The second-order valence-electron chi connectivity index (χ2n) is 5.47. The summed E-state index contributed by atoms with van der Waals surface area (Å²) < 4.78 is 10.2. The number of carboxylic acid groups (broad SMARTS) is 1. The number of thioether (sulfide) groups is 1. The van der Waals surface area contributed by atoms with Gasteiger partial charge in [0.25, 0.3) is 0 Å². The zero-order valence-corrected chi connectivity index (χ0v) is 14.1. The van der Waals surface area contributed by atoms with Crippen LogP contribution in [0.15, 0.2) is 54.6 Å². The second-order valence-corrected chi connectivity index (χ2v) is 6.60. The lowest BCUT2D eigenvalue weighted by Gasteiger charge is -2.12. The maximum atomic E-state index is 11.7. The molecule has 1 saturated heterocycles. The number of carbonyl (C=O) groups excluding carboxylic acids is 1. The first kappa shape index (κ1) is 17.3. The third kappa shape index (κ3) is 4.74. The van der Waals surface area contributed by atoms with E-state index >= 15 is 0 Å². The minimum atomic E-state index is -0.851. The van der Waals surface area contributed by atoms with Crippen LogP contribution in [0.25, 0.3) is 0 Å².